The first-order valence-electron chi connectivity index (χ1n) is 21.8. The van der Waals surface area contributed by atoms with E-state index in [4.69, 9.17) is 12.2 Å². The Balaban J connectivity index is 1.20. The van der Waals surface area contributed by atoms with Crippen molar-refractivity contribution in [3.8, 4) is 0 Å². The predicted molar refractivity (Wildman–Crippen MR) is 293 cm³/mol. The lowest BCUT2D eigenvalue weighted by atomic mass is 9.94. The molecule has 342 valence electrons. The second-order valence-electron chi connectivity index (χ2n) is 15.7. The van der Waals surface area contributed by atoms with E-state index in [1.54, 1.807) is 164 Å². The maximum atomic E-state index is 15.8. The van der Waals surface area contributed by atoms with E-state index < -0.39 is 21.4 Å². The van der Waals surface area contributed by atoms with E-state index >= 15 is 19.2 Å². The number of hydrogen-bond donors (Lipinski definition) is 0. The van der Waals surface area contributed by atoms with E-state index in [9.17, 15) is 9.59 Å². The molecule has 14 heteroatoms. The van der Waals surface area contributed by atoms with Crippen LogP contribution in [0.3, 0.4) is 0 Å². The highest BCUT2D eigenvalue weighted by Crippen LogP contribution is 2.70. The molecule has 0 atom stereocenters. The number of thiocarbonyl (C=S) groups is 1. The van der Waals surface area contributed by atoms with Crippen molar-refractivity contribution in [2.75, 3.05) is 12.3 Å². The van der Waals surface area contributed by atoms with Crippen LogP contribution in [-0.2, 0) is 0 Å². The summed E-state index contributed by atoms with van der Waals surface area (Å²) in [6.45, 7) is 0.336. The Kier molecular flexibility index (Phi) is 14.2. The first-order chi connectivity index (χ1) is 34.2. The number of fused-ring (bicyclic) bond motifs is 1. The number of Topliss-reactive ketones (excluding diaryl/α,β-unsaturated/α-hetero) is 6. The first-order valence-corrected chi connectivity index (χ1v) is 27.3. The fourth-order valence-electron chi connectivity index (χ4n) is 8.13. The highest BCUT2D eigenvalue weighted by atomic mass is 32.2. The van der Waals surface area contributed by atoms with Crippen molar-refractivity contribution in [3.05, 3.63) is 265 Å². The standard InChI is InChI=1S/C56H35NO6S7/c58-42(34-19-7-1-8-20-34)41-48(43(59)35-21-9-2-10-22-35)66-55-53(56(41)69-51(46(62)38-27-15-5-16-28-38)52(70-56)47(63)39-29-17-6-18-30-39)57(31-32-65-55)40(33-64)54-67-49(44(60)36-23-11-3-12-24-36)50(68-54)45(61)37-25-13-4-14-26-37/h1-30,33H,31-32H2. The molecule has 4 aliphatic heterocycles. The lowest BCUT2D eigenvalue weighted by Crippen LogP contribution is -2.44. The molecular formula is C56H35NO6S7. The highest BCUT2D eigenvalue weighted by molar-refractivity contribution is 8.29. The highest BCUT2D eigenvalue weighted by Gasteiger charge is 2.59. The van der Waals surface area contributed by atoms with Crippen LogP contribution in [-0.4, -0.2) is 61.3 Å². The predicted octanol–water partition coefficient (Wildman–Crippen LogP) is 13.8. The Bertz CT molecular complexity index is 3190. The molecule has 0 radical (unpaired) electrons. The van der Waals surface area contributed by atoms with Gasteiger partial charge in [0.25, 0.3) is 0 Å². The number of allylic oxidation sites excluding steroid dienone is 6. The number of benzene rings is 6. The van der Waals surface area contributed by atoms with E-state index in [0.29, 0.717) is 65.5 Å². The number of ketones is 6. The fourth-order valence-corrected chi connectivity index (χ4v) is 17.7. The van der Waals surface area contributed by atoms with E-state index in [-0.39, 0.29) is 47.4 Å². The lowest BCUT2D eigenvalue weighted by Gasteiger charge is -2.46. The first kappa shape index (κ1) is 47.7. The third kappa shape index (κ3) is 9.02. The van der Waals surface area contributed by atoms with Gasteiger partial charge >= 0.3 is 0 Å². The van der Waals surface area contributed by atoms with Gasteiger partial charge < -0.3 is 4.90 Å². The van der Waals surface area contributed by atoms with Gasteiger partial charge in [0.1, 0.15) is 4.08 Å². The fraction of sp³-hybridized carbons (Fsp3) is 0.0536. The Hall–Kier alpha value is -5.97. The van der Waals surface area contributed by atoms with E-state index in [1.807, 2.05) is 23.1 Å². The van der Waals surface area contributed by atoms with E-state index in [2.05, 4.69) is 0 Å². The van der Waals surface area contributed by atoms with Crippen LogP contribution in [0.4, 0.5) is 0 Å². The van der Waals surface area contributed by atoms with E-state index in [1.165, 1.54) is 28.9 Å². The topological polar surface area (TPSA) is 106 Å². The monoisotopic (exact) mass is 1040 g/mol. The van der Waals surface area contributed by atoms with Gasteiger partial charge in [0.2, 0.25) is 23.1 Å². The van der Waals surface area contributed by atoms with Crippen LogP contribution < -0.4 is 0 Å². The second-order valence-corrected chi connectivity index (χ2v) is 23.4. The average molecular weight is 1040 g/mol. The summed E-state index contributed by atoms with van der Waals surface area (Å²) < 4.78 is -0.426. The Morgan fingerprint density at radius 3 is 1.11 bits per heavy atom. The molecule has 0 fully saturated rings. The summed E-state index contributed by atoms with van der Waals surface area (Å²) in [5.74, 6) is -1.81. The summed E-state index contributed by atoms with van der Waals surface area (Å²) in [5, 5.41) is 1.52. The number of rotatable bonds is 14. The molecule has 4 aliphatic rings. The summed E-state index contributed by atoms with van der Waals surface area (Å²) in [7, 11) is 0. The molecule has 0 N–H and O–H groups in total. The van der Waals surface area contributed by atoms with Gasteiger partial charge in [0.15, 0.2) is 11.6 Å². The van der Waals surface area contributed by atoms with Gasteiger partial charge in [-0.1, -0.05) is 253 Å². The summed E-state index contributed by atoms with van der Waals surface area (Å²) >= 11 is 13.2. The summed E-state index contributed by atoms with van der Waals surface area (Å²) in [6, 6.07) is 52.4. The summed E-state index contributed by atoms with van der Waals surface area (Å²) in [5.41, 5.74) is 3.31. The molecule has 4 heterocycles. The maximum Gasteiger partial charge on any atom is 0.201 e. The minimum atomic E-state index is -1.66. The third-order valence-corrected chi connectivity index (χ3v) is 19.9. The number of hydrogen-bond acceptors (Lipinski definition) is 14. The molecule has 0 bridgehead atoms. The number of nitrogens with zero attached hydrogens (tertiary/aromatic N) is 1. The smallest absolute Gasteiger partial charge is 0.201 e. The lowest BCUT2D eigenvalue weighted by molar-refractivity contribution is 0.100. The van der Waals surface area contributed by atoms with Crippen LogP contribution in [0.15, 0.2) is 232 Å². The zero-order chi connectivity index (χ0) is 48.4. The average Bonchev–Trinajstić information content (AvgIpc) is 4.04. The van der Waals surface area contributed by atoms with Crippen molar-refractivity contribution in [3.63, 3.8) is 0 Å². The molecule has 0 aromatic heterocycles. The van der Waals surface area contributed by atoms with Gasteiger partial charge in [-0.2, -0.15) is 0 Å². The molecule has 10 rings (SSSR count). The van der Waals surface area contributed by atoms with Gasteiger partial charge in [-0.05, 0) is 0 Å². The van der Waals surface area contributed by atoms with Crippen molar-refractivity contribution in [2.24, 2.45) is 0 Å². The molecule has 0 amide bonds. The van der Waals surface area contributed by atoms with Crippen LogP contribution in [0, 0.1) is 0 Å². The minimum Gasteiger partial charge on any atom is -0.338 e. The molecule has 6 aromatic rings. The van der Waals surface area contributed by atoms with Gasteiger partial charge in [-0.3, -0.25) is 28.8 Å². The van der Waals surface area contributed by atoms with Gasteiger partial charge in [0.05, 0.1) is 50.0 Å². The summed E-state index contributed by atoms with van der Waals surface area (Å²) in [4.78, 5) is 93.1. The van der Waals surface area contributed by atoms with Crippen LogP contribution in [0.5, 0.6) is 0 Å². The molecule has 0 saturated heterocycles. The van der Waals surface area contributed by atoms with Crippen molar-refractivity contribution >= 4 is 123 Å². The van der Waals surface area contributed by atoms with Crippen LogP contribution in [0.2, 0.25) is 0 Å². The Morgan fingerprint density at radius 2 is 0.757 bits per heavy atom. The number of carbonyl (C=O) groups excluding carboxylic acids is 6. The molecule has 7 nitrogen and oxygen atoms in total. The van der Waals surface area contributed by atoms with Crippen LogP contribution >= 0.6 is 82.8 Å². The Labute approximate surface area is 434 Å². The molecule has 6 aromatic carbocycles. The zero-order valence-corrected chi connectivity index (χ0v) is 42.3. The minimum absolute atomic E-state index is 0.103. The number of carbonyl (C=O) groups is 6. The van der Waals surface area contributed by atoms with E-state index in [0.717, 1.165) is 47.0 Å². The zero-order valence-electron chi connectivity index (χ0n) is 36.6. The van der Waals surface area contributed by atoms with Crippen molar-refractivity contribution in [1.29, 1.82) is 0 Å². The molecule has 1 spiro atoms. The van der Waals surface area contributed by atoms with Crippen molar-refractivity contribution in [2.45, 2.75) is 4.08 Å². The molecule has 0 saturated carbocycles. The van der Waals surface area contributed by atoms with Crippen molar-refractivity contribution in [1.82, 2.24) is 4.90 Å². The second kappa shape index (κ2) is 20.8. The SMILES string of the molecule is O=C(C1=C(C(=O)c2ccccc2)SC(=C(C=S)N2CCSC3=C2C2(SC(C(=O)c4ccccc4)=C(C(=O)c4ccccc4)S2)C(C(=O)c2ccccc2)=C(C(=O)c2ccccc2)S3)S1)c1ccccc1. The van der Waals surface area contributed by atoms with Crippen LogP contribution in [0.1, 0.15) is 62.1 Å². The molecule has 0 unspecified atom stereocenters. The quantitative estimate of drug-likeness (QED) is 0.0587. The normalized spacial score (nSPS) is 16.3. The molecule has 0 aliphatic carbocycles. The Morgan fingerprint density at radius 1 is 0.429 bits per heavy atom. The molecular weight excluding hydrogens is 1010 g/mol. The van der Waals surface area contributed by atoms with Crippen LogP contribution in [0.25, 0.3) is 0 Å². The molecule has 70 heavy (non-hydrogen) atoms. The van der Waals surface area contributed by atoms with Gasteiger partial charge in [0, 0.05) is 51.0 Å². The van der Waals surface area contributed by atoms with Gasteiger partial charge in [-0.15, -0.1) is 11.8 Å². The number of thioether (sulfide) groups is 6. The van der Waals surface area contributed by atoms with Crippen molar-refractivity contribution < 1.29 is 28.8 Å². The third-order valence-electron chi connectivity index (χ3n) is 11.5. The van der Waals surface area contributed by atoms with Gasteiger partial charge in [-0.25, -0.2) is 0 Å². The summed E-state index contributed by atoms with van der Waals surface area (Å²) in [6.07, 6.45) is 0. The largest absolute Gasteiger partial charge is 0.338 e. The maximum absolute atomic E-state index is 15.8.